The van der Waals surface area contributed by atoms with Gasteiger partial charge < -0.3 is 4.74 Å². The van der Waals surface area contributed by atoms with Crippen LogP contribution in [-0.2, 0) is 20.3 Å². The zero-order valence-corrected chi connectivity index (χ0v) is 18.8. The Morgan fingerprint density at radius 1 is 1.19 bits per heavy atom. The number of ether oxygens (including phenoxy) is 1. The molecule has 152 valence electrons. The molecule has 1 aromatic rings. The van der Waals surface area contributed by atoms with Crippen LogP contribution in [0, 0.1) is 18.3 Å². The van der Waals surface area contributed by atoms with Gasteiger partial charge in [-0.2, -0.15) is 0 Å². The van der Waals surface area contributed by atoms with Crippen LogP contribution in [0.15, 0.2) is 29.2 Å². The summed E-state index contributed by atoms with van der Waals surface area (Å²) in [6.45, 7) is 9.65. The highest BCUT2D eigenvalue weighted by molar-refractivity contribution is 7.87. The predicted molar refractivity (Wildman–Crippen MR) is 112 cm³/mol. The van der Waals surface area contributed by atoms with Crippen LogP contribution in [0.25, 0.3) is 0 Å². The van der Waals surface area contributed by atoms with Gasteiger partial charge in [-0.3, -0.25) is 9.00 Å². The molecule has 0 N–H and O–H groups in total. The summed E-state index contributed by atoms with van der Waals surface area (Å²) in [7, 11) is -1.38. The fraction of sp³-hybridized carbons (Fsp3) is 0.682. The Hall–Kier alpha value is -0.870. The van der Waals surface area contributed by atoms with Crippen molar-refractivity contribution in [1.82, 2.24) is 0 Å². The molecule has 5 heteroatoms. The van der Waals surface area contributed by atoms with Gasteiger partial charge in [0.25, 0.3) is 0 Å². The topological polar surface area (TPSA) is 43.4 Å². The van der Waals surface area contributed by atoms with Crippen molar-refractivity contribution in [3.05, 3.63) is 29.8 Å². The standard InChI is InChI=1S/C22H33ClO3S/c1-6-18(19(24)26-21(3,4)5)22(14-8-7-9-15-22)20(23)27(25)17-12-10-16(2)11-13-17/h10-13,18,20H,6-9,14-15H2,1-5H3/t18-,20?,27?/m0/s1. The molecule has 1 saturated carbocycles. The van der Waals surface area contributed by atoms with Crippen LogP contribution in [0.2, 0.25) is 0 Å². The Labute approximate surface area is 171 Å². The molecule has 1 aromatic carbocycles. The van der Waals surface area contributed by atoms with E-state index in [9.17, 15) is 9.00 Å². The maximum atomic E-state index is 13.3. The molecule has 1 aliphatic rings. The lowest BCUT2D eigenvalue weighted by molar-refractivity contribution is -0.166. The lowest BCUT2D eigenvalue weighted by Crippen LogP contribution is -2.47. The van der Waals surface area contributed by atoms with E-state index < -0.39 is 26.5 Å². The SMILES string of the molecule is CC[C@@H](C(=O)OC(C)(C)C)C1(C(Cl)S(=O)c2ccc(C)cc2)CCCCC1. The highest BCUT2D eigenvalue weighted by atomic mass is 35.5. The minimum atomic E-state index is -1.38. The maximum Gasteiger partial charge on any atom is 0.310 e. The first kappa shape index (κ1) is 22.4. The Morgan fingerprint density at radius 2 is 1.74 bits per heavy atom. The van der Waals surface area contributed by atoms with Crippen LogP contribution in [0.4, 0.5) is 0 Å². The average molecular weight is 413 g/mol. The number of carbonyl (C=O) groups is 1. The fourth-order valence-electron chi connectivity index (χ4n) is 4.13. The van der Waals surface area contributed by atoms with Crippen LogP contribution >= 0.6 is 11.6 Å². The lowest BCUT2D eigenvalue weighted by atomic mass is 9.66. The Balaban J connectivity index is 2.37. The number of rotatable bonds is 6. The van der Waals surface area contributed by atoms with Gasteiger partial charge in [-0.1, -0.05) is 43.9 Å². The van der Waals surface area contributed by atoms with Crippen molar-refractivity contribution >= 4 is 28.4 Å². The first-order valence-electron chi connectivity index (χ1n) is 9.95. The summed E-state index contributed by atoms with van der Waals surface area (Å²) in [5.74, 6) is -0.549. The molecule has 0 saturated heterocycles. The van der Waals surface area contributed by atoms with Gasteiger partial charge in [-0.15, -0.1) is 11.6 Å². The third-order valence-electron chi connectivity index (χ3n) is 5.47. The van der Waals surface area contributed by atoms with E-state index in [1.807, 2.05) is 58.9 Å². The number of aryl methyl sites for hydroxylation is 1. The second-order valence-electron chi connectivity index (χ2n) is 8.71. The number of halogens is 1. The van der Waals surface area contributed by atoms with Gasteiger partial charge >= 0.3 is 5.97 Å². The van der Waals surface area contributed by atoms with Crippen molar-refractivity contribution in [2.24, 2.45) is 11.3 Å². The van der Waals surface area contributed by atoms with Crippen LogP contribution in [0.1, 0.15) is 71.8 Å². The summed E-state index contributed by atoms with van der Waals surface area (Å²) < 4.78 is 18.4. The van der Waals surface area contributed by atoms with E-state index in [1.165, 1.54) is 0 Å². The van der Waals surface area contributed by atoms with Gasteiger partial charge in [-0.05, 0) is 59.1 Å². The molecule has 0 spiro atoms. The molecule has 0 amide bonds. The Morgan fingerprint density at radius 3 is 2.22 bits per heavy atom. The zero-order valence-electron chi connectivity index (χ0n) is 17.2. The Bertz CT molecular complexity index is 657. The summed E-state index contributed by atoms with van der Waals surface area (Å²) in [5, 5.41) is 0. The van der Waals surface area contributed by atoms with Crippen LogP contribution in [0.5, 0.6) is 0 Å². The van der Waals surface area contributed by atoms with E-state index in [-0.39, 0.29) is 11.9 Å². The van der Waals surface area contributed by atoms with Crippen molar-refractivity contribution in [2.75, 3.05) is 0 Å². The monoisotopic (exact) mass is 412 g/mol. The first-order valence-corrected chi connectivity index (χ1v) is 11.6. The van der Waals surface area contributed by atoms with Crippen molar-refractivity contribution in [1.29, 1.82) is 0 Å². The fourth-order valence-corrected chi connectivity index (χ4v) is 6.28. The van der Waals surface area contributed by atoms with Gasteiger partial charge in [0.1, 0.15) is 10.3 Å². The van der Waals surface area contributed by atoms with Crippen molar-refractivity contribution in [3.8, 4) is 0 Å². The third kappa shape index (κ3) is 5.35. The number of benzene rings is 1. The van der Waals surface area contributed by atoms with Crippen molar-refractivity contribution < 1.29 is 13.7 Å². The predicted octanol–water partition coefficient (Wildman–Crippen LogP) is 5.99. The smallest absolute Gasteiger partial charge is 0.310 e. The van der Waals surface area contributed by atoms with E-state index in [1.54, 1.807) is 0 Å². The number of hydrogen-bond donors (Lipinski definition) is 0. The van der Waals surface area contributed by atoms with Gasteiger partial charge in [0.15, 0.2) is 0 Å². The van der Waals surface area contributed by atoms with Gasteiger partial charge in [0, 0.05) is 10.3 Å². The number of hydrogen-bond acceptors (Lipinski definition) is 3. The maximum absolute atomic E-state index is 13.3. The molecule has 0 aromatic heterocycles. The molecular weight excluding hydrogens is 380 g/mol. The molecule has 2 rings (SSSR count). The lowest BCUT2D eigenvalue weighted by Gasteiger charge is -2.45. The molecule has 0 heterocycles. The number of alkyl halides is 1. The molecule has 0 bridgehead atoms. The summed E-state index contributed by atoms with van der Waals surface area (Å²) in [6.07, 6.45) is 5.42. The second kappa shape index (κ2) is 9.09. The molecule has 3 nitrogen and oxygen atoms in total. The molecule has 27 heavy (non-hydrogen) atoms. The summed E-state index contributed by atoms with van der Waals surface area (Å²) in [6, 6.07) is 7.67. The zero-order chi connectivity index (χ0) is 20.2. The van der Waals surface area contributed by atoms with E-state index >= 15 is 0 Å². The quantitative estimate of drug-likeness (QED) is 0.426. The van der Waals surface area contributed by atoms with Crippen LogP contribution < -0.4 is 0 Å². The van der Waals surface area contributed by atoms with E-state index in [0.717, 1.165) is 42.6 Å². The van der Waals surface area contributed by atoms with E-state index in [0.29, 0.717) is 6.42 Å². The van der Waals surface area contributed by atoms with E-state index in [2.05, 4.69) is 0 Å². The van der Waals surface area contributed by atoms with Gasteiger partial charge in [-0.25, -0.2) is 0 Å². The highest BCUT2D eigenvalue weighted by Gasteiger charge is 2.51. The molecular formula is C22H33ClO3S. The normalized spacial score (nSPS) is 20.5. The minimum absolute atomic E-state index is 0.210. The highest BCUT2D eigenvalue weighted by Crippen LogP contribution is 2.51. The van der Waals surface area contributed by atoms with Gasteiger partial charge in [0.05, 0.1) is 16.7 Å². The summed E-state index contributed by atoms with van der Waals surface area (Å²) in [4.78, 5) is 13.7. The molecule has 0 aliphatic heterocycles. The third-order valence-corrected chi connectivity index (χ3v) is 7.97. The van der Waals surface area contributed by atoms with E-state index in [4.69, 9.17) is 16.3 Å². The average Bonchev–Trinajstić information content (AvgIpc) is 2.61. The number of carbonyl (C=O) groups excluding carboxylic acids is 1. The van der Waals surface area contributed by atoms with Crippen LogP contribution in [-0.4, -0.2) is 20.5 Å². The second-order valence-corrected chi connectivity index (χ2v) is 10.9. The summed E-state index contributed by atoms with van der Waals surface area (Å²) in [5.41, 5.74) is 0.0831. The minimum Gasteiger partial charge on any atom is -0.460 e. The largest absolute Gasteiger partial charge is 0.460 e. The van der Waals surface area contributed by atoms with Crippen LogP contribution in [0.3, 0.4) is 0 Å². The van der Waals surface area contributed by atoms with Crippen molar-refractivity contribution in [3.63, 3.8) is 0 Å². The number of esters is 1. The Kier molecular flexibility index (Phi) is 7.54. The molecule has 1 aliphatic carbocycles. The first-order chi connectivity index (χ1) is 12.6. The summed E-state index contributed by atoms with van der Waals surface area (Å²) >= 11 is 6.92. The molecule has 0 radical (unpaired) electrons. The molecule has 1 fully saturated rings. The van der Waals surface area contributed by atoms with Gasteiger partial charge in [0.2, 0.25) is 0 Å². The van der Waals surface area contributed by atoms with Crippen molar-refractivity contribution in [2.45, 2.75) is 88.3 Å². The molecule has 2 unspecified atom stereocenters. The molecule has 3 atom stereocenters.